The van der Waals surface area contributed by atoms with Crippen LogP contribution in [-0.4, -0.2) is 61.3 Å². The molecule has 35 heavy (non-hydrogen) atoms. The predicted octanol–water partition coefficient (Wildman–Crippen LogP) is 7.13. The maximum Gasteiger partial charge on any atom is 0.418 e. The molecule has 5 nitrogen and oxygen atoms in total. The standard InChI is InChI=1S/C24H34BrF3N2O3SSi/c1-22(2,3)33-21(31)30(15-32-9-10-35(4,5)6)20-29-24(14-27,19-12-23(19,13-26)34-20)17-11-16(25)7-8-18(17)28/h7-8,11,19H,9-10,12-15H2,1-6H3/t19-,23-,24-/m1/s1. The first kappa shape index (κ1) is 28.5. The molecular weight excluding hydrogens is 561 g/mol. The molecular formula is C24H34BrF3N2O3SSi. The number of benzene rings is 1. The topological polar surface area (TPSA) is 51.1 Å². The monoisotopic (exact) mass is 594 g/mol. The zero-order valence-corrected chi connectivity index (χ0v) is 24.5. The van der Waals surface area contributed by atoms with E-state index in [0.29, 0.717) is 17.5 Å². The molecule has 0 bridgehead atoms. The number of halogens is 4. The molecule has 1 fully saturated rings. The summed E-state index contributed by atoms with van der Waals surface area (Å²) < 4.78 is 55.2. The Morgan fingerprint density at radius 1 is 1.29 bits per heavy atom. The fourth-order valence-electron chi connectivity index (χ4n) is 4.06. The number of aliphatic imine (C=N–C) groups is 1. The Bertz CT molecular complexity index is 988. The number of thioether (sulfide) groups is 1. The lowest BCUT2D eigenvalue weighted by Crippen LogP contribution is -2.47. The molecule has 1 heterocycles. The molecule has 1 aliphatic heterocycles. The van der Waals surface area contributed by atoms with Gasteiger partial charge >= 0.3 is 6.09 Å². The number of alkyl halides is 2. The molecule has 0 saturated heterocycles. The predicted molar refractivity (Wildman–Crippen MR) is 141 cm³/mol. The summed E-state index contributed by atoms with van der Waals surface area (Å²) in [5, 5.41) is 0.0793. The molecule has 0 spiro atoms. The summed E-state index contributed by atoms with van der Waals surface area (Å²) in [6.07, 6.45) is -0.414. The maximum atomic E-state index is 15.0. The first-order valence-electron chi connectivity index (χ1n) is 11.6. The highest BCUT2D eigenvalue weighted by atomic mass is 79.9. The Labute approximate surface area is 219 Å². The minimum Gasteiger partial charge on any atom is -0.443 e. The van der Waals surface area contributed by atoms with Crippen molar-refractivity contribution in [3.8, 4) is 0 Å². The largest absolute Gasteiger partial charge is 0.443 e. The highest BCUT2D eigenvalue weighted by Crippen LogP contribution is 2.67. The van der Waals surface area contributed by atoms with Crippen molar-refractivity contribution in [1.29, 1.82) is 0 Å². The van der Waals surface area contributed by atoms with E-state index in [1.807, 2.05) is 0 Å². The van der Waals surface area contributed by atoms with Crippen LogP contribution in [0.3, 0.4) is 0 Å². The van der Waals surface area contributed by atoms with E-state index < -0.39 is 55.1 Å². The lowest BCUT2D eigenvalue weighted by Gasteiger charge is -2.38. The normalized spacial score (nSPS) is 26.1. The van der Waals surface area contributed by atoms with Crippen LogP contribution >= 0.6 is 27.7 Å². The lowest BCUT2D eigenvalue weighted by molar-refractivity contribution is 0.0109. The first-order chi connectivity index (χ1) is 16.2. The third-order valence-electron chi connectivity index (χ3n) is 6.08. The molecule has 0 N–H and O–H groups in total. The van der Waals surface area contributed by atoms with Gasteiger partial charge in [-0.3, -0.25) is 0 Å². The molecule has 11 heteroatoms. The Morgan fingerprint density at radius 2 is 1.97 bits per heavy atom. The van der Waals surface area contributed by atoms with E-state index in [2.05, 4.69) is 40.6 Å². The van der Waals surface area contributed by atoms with E-state index in [4.69, 9.17) is 9.47 Å². The van der Waals surface area contributed by atoms with Crippen molar-refractivity contribution in [1.82, 2.24) is 4.90 Å². The van der Waals surface area contributed by atoms with E-state index in [1.165, 1.54) is 23.1 Å². The van der Waals surface area contributed by atoms with Gasteiger partial charge < -0.3 is 9.47 Å². The average molecular weight is 596 g/mol. The van der Waals surface area contributed by atoms with Gasteiger partial charge in [0.25, 0.3) is 0 Å². The second-order valence-corrected chi connectivity index (χ2v) is 19.3. The van der Waals surface area contributed by atoms with Gasteiger partial charge in [-0.05, 0) is 51.4 Å². The maximum absolute atomic E-state index is 15.0. The molecule has 2 aliphatic rings. The fourth-order valence-corrected chi connectivity index (χ4v) is 6.63. The van der Waals surface area contributed by atoms with Gasteiger partial charge in [-0.15, -0.1) is 0 Å². The minimum atomic E-state index is -1.65. The van der Waals surface area contributed by atoms with Gasteiger partial charge in [-0.1, -0.05) is 47.3 Å². The van der Waals surface area contributed by atoms with E-state index >= 15 is 0 Å². The number of hydrogen-bond donors (Lipinski definition) is 0. The van der Waals surface area contributed by atoms with Gasteiger partial charge in [0.15, 0.2) is 5.17 Å². The zero-order chi connectivity index (χ0) is 26.2. The summed E-state index contributed by atoms with van der Waals surface area (Å²) >= 11 is 4.40. The molecule has 3 atom stereocenters. The highest BCUT2D eigenvalue weighted by Gasteiger charge is 2.69. The summed E-state index contributed by atoms with van der Waals surface area (Å²) in [6.45, 7) is 10.3. The number of fused-ring (bicyclic) bond motifs is 1. The van der Waals surface area contributed by atoms with E-state index in [0.717, 1.165) is 17.8 Å². The summed E-state index contributed by atoms with van der Waals surface area (Å²) in [5.74, 6) is -1.17. The van der Waals surface area contributed by atoms with Crippen LogP contribution in [0, 0.1) is 11.7 Å². The van der Waals surface area contributed by atoms with Crippen molar-refractivity contribution in [2.45, 2.75) is 68.8 Å². The Balaban J connectivity index is 2.03. The number of ether oxygens (including phenoxy) is 2. The Kier molecular flexibility index (Phi) is 8.46. The lowest BCUT2D eigenvalue weighted by atomic mass is 9.85. The Hall–Kier alpha value is -1.04. The van der Waals surface area contributed by atoms with Crippen molar-refractivity contribution in [2.24, 2.45) is 10.9 Å². The third-order valence-corrected chi connectivity index (χ3v) is 9.74. The summed E-state index contributed by atoms with van der Waals surface area (Å²) in [6, 6.07) is 5.11. The summed E-state index contributed by atoms with van der Waals surface area (Å²) in [4.78, 5) is 19.0. The number of amidine groups is 1. The molecule has 1 aromatic carbocycles. The van der Waals surface area contributed by atoms with Gasteiger partial charge in [0.05, 0.1) is 4.75 Å². The molecule has 196 valence electrons. The summed E-state index contributed by atoms with van der Waals surface area (Å²) in [7, 11) is -1.38. The number of rotatable bonds is 8. The van der Waals surface area contributed by atoms with Crippen LogP contribution in [0.2, 0.25) is 25.7 Å². The van der Waals surface area contributed by atoms with Gasteiger partial charge in [0.2, 0.25) is 0 Å². The number of carbonyl (C=O) groups is 1. The smallest absolute Gasteiger partial charge is 0.418 e. The van der Waals surface area contributed by atoms with Gasteiger partial charge in [-0.2, -0.15) is 0 Å². The van der Waals surface area contributed by atoms with Crippen molar-refractivity contribution in [3.63, 3.8) is 0 Å². The number of carbonyl (C=O) groups excluding carboxylic acids is 1. The average Bonchev–Trinajstić information content (AvgIpc) is 3.48. The Morgan fingerprint density at radius 3 is 2.54 bits per heavy atom. The molecule has 0 aromatic heterocycles. The fraction of sp³-hybridized carbons (Fsp3) is 0.667. The van der Waals surface area contributed by atoms with Crippen LogP contribution in [0.15, 0.2) is 27.7 Å². The minimum absolute atomic E-state index is 0.0382. The van der Waals surface area contributed by atoms with Crippen molar-refractivity contribution in [2.75, 3.05) is 26.7 Å². The summed E-state index contributed by atoms with van der Waals surface area (Å²) in [5.41, 5.74) is -2.42. The molecule has 1 aliphatic carbocycles. The molecule has 1 saturated carbocycles. The third kappa shape index (κ3) is 6.45. The number of nitrogens with zero attached hydrogens (tertiary/aromatic N) is 2. The molecule has 1 aromatic rings. The zero-order valence-electron chi connectivity index (χ0n) is 21.1. The first-order valence-corrected chi connectivity index (χ1v) is 16.9. The van der Waals surface area contributed by atoms with Gasteiger partial charge in [-0.25, -0.2) is 27.9 Å². The second-order valence-electron chi connectivity index (χ2n) is 11.4. The molecule has 0 radical (unpaired) electrons. The van der Waals surface area contributed by atoms with Crippen LogP contribution < -0.4 is 0 Å². The van der Waals surface area contributed by atoms with Crippen molar-refractivity contribution in [3.05, 3.63) is 34.1 Å². The van der Waals surface area contributed by atoms with Crippen LogP contribution in [0.1, 0.15) is 32.8 Å². The van der Waals surface area contributed by atoms with E-state index in [9.17, 15) is 18.0 Å². The van der Waals surface area contributed by atoms with Crippen molar-refractivity contribution < 1.29 is 27.4 Å². The molecule has 0 unspecified atom stereocenters. The van der Waals surface area contributed by atoms with E-state index in [-0.39, 0.29) is 17.5 Å². The quantitative estimate of drug-likeness (QED) is 0.182. The van der Waals surface area contributed by atoms with Gasteiger partial charge in [0, 0.05) is 30.6 Å². The number of amides is 1. The highest BCUT2D eigenvalue weighted by molar-refractivity contribution is 9.10. The SMILES string of the molecule is CC(C)(C)OC(=O)N(COCC[Si](C)(C)C)C1=N[C@](CF)(c2cc(Br)ccc2F)[C@@H]2C[C@]2(CF)S1. The molecule has 3 rings (SSSR count). The van der Waals surface area contributed by atoms with Crippen LogP contribution in [0.25, 0.3) is 0 Å². The van der Waals surface area contributed by atoms with Crippen LogP contribution in [-0.2, 0) is 15.0 Å². The molecule has 1 amide bonds. The van der Waals surface area contributed by atoms with Crippen LogP contribution in [0.5, 0.6) is 0 Å². The van der Waals surface area contributed by atoms with Gasteiger partial charge in [0.1, 0.15) is 37.0 Å². The van der Waals surface area contributed by atoms with E-state index in [1.54, 1.807) is 20.8 Å². The second kappa shape index (κ2) is 10.4. The van der Waals surface area contributed by atoms with Crippen LogP contribution in [0.4, 0.5) is 18.0 Å². The number of hydrogen-bond acceptors (Lipinski definition) is 5. The van der Waals surface area contributed by atoms with Crippen molar-refractivity contribution >= 4 is 47.0 Å².